The minimum Gasteiger partial charge on any atom is -0.383 e. The van der Waals surface area contributed by atoms with E-state index in [0.717, 1.165) is 50.4 Å². The van der Waals surface area contributed by atoms with E-state index in [-0.39, 0.29) is 17.9 Å². The van der Waals surface area contributed by atoms with Crippen LogP contribution in [0.25, 0.3) is 0 Å². The van der Waals surface area contributed by atoms with Crippen LogP contribution < -0.4 is 0 Å². The molecule has 0 radical (unpaired) electrons. The maximum absolute atomic E-state index is 12.7. The van der Waals surface area contributed by atoms with Crippen LogP contribution in [-0.4, -0.2) is 95.3 Å². The van der Waals surface area contributed by atoms with E-state index >= 15 is 0 Å². The van der Waals surface area contributed by atoms with Crippen LogP contribution in [0.2, 0.25) is 0 Å². The third-order valence-corrected chi connectivity index (χ3v) is 5.80. The fourth-order valence-electron chi connectivity index (χ4n) is 4.24. The van der Waals surface area contributed by atoms with Crippen LogP contribution >= 0.6 is 0 Å². The van der Waals surface area contributed by atoms with Crippen molar-refractivity contribution in [2.24, 2.45) is 0 Å². The number of hydrogen-bond acceptors (Lipinski definition) is 5. The number of ether oxygens (including phenoxy) is 1. The SMILES string of the molecule is COCCN1CCC(N2CCCN(C(=O)CCn3nc(C)cc3C)CC2)C1=O. The zero-order valence-electron chi connectivity index (χ0n) is 17.4. The number of aromatic nitrogens is 2. The van der Waals surface area contributed by atoms with Crippen LogP contribution in [0.1, 0.15) is 30.7 Å². The Morgan fingerprint density at radius 1 is 1.18 bits per heavy atom. The fraction of sp³-hybridized carbons (Fsp3) is 0.750. The Morgan fingerprint density at radius 3 is 2.71 bits per heavy atom. The van der Waals surface area contributed by atoms with E-state index in [4.69, 9.17) is 4.74 Å². The van der Waals surface area contributed by atoms with Gasteiger partial charge in [-0.1, -0.05) is 0 Å². The third kappa shape index (κ3) is 4.91. The number of hydrogen-bond donors (Lipinski definition) is 0. The number of aryl methyl sites for hydroxylation is 3. The normalized spacial score (nSPS) is 21.4. The minimum absolute atomic E-state index is 0.0402. The second-order valence-electron chi connectivity index (χ2n) is 7.79. The molecule has 1 unspecified atom stereocenters. The molecule has 3 rings (SSSR count). The van der Waals surface area contributed by atoms with Crippen molar-refractivity contribution in [3.63, 3.8) is 0 Å². The highest BCUT2D eigenvalue weighted by molar-refractivity contribution is 5.84. The average molecular weight is 392 g/mol. The highest BCUT2D eigenvalue weighted by atomic mass is 16.5. The van der Waals surface area contributed by atoms with Gasteiger partial charge in [-0.25, -0.2) is 0 Å². The molecule has 8 heteroatoms. The number of amides is 2. The first-order valence-corrected chi connectivity index (χ1v) is 10.3. The van der Waals surface area contributed by atoms with E-state index in [1.54, 1.807) is 7.11 Å². The van der Waals surface area contributed by atoms with Crippen LogP contribution in [0.4, 0.5) is 0 Å². The lowest BCUT2D eigenvalue weighted by molar-refractivity contribution is -0.132. The van der Waals surface area contributed by atoms with Crippen molar-refractivity contribution in [3.8, 4) is 0 Å². The molecule has 2 amide bonds. The summed E-state index contributed by atoms with van der Waals surface area (Å²) in [6, 6.07) is 1.99. The lowest BCUT2D eigenvalue weighted by Crippen LogP contribution is -2.44. The predicted molar refractivity (Wildman–Crippen MR) is 106 cm³/mol. The summed E-state index contributed by atoms with van der Waals surface area (Å²) in [4.78, 5) is 31.5. The smallest absolute Gasteiger partial charge is 0.240 e. The summed E-state index contributed by atoms with van der Waals surface area (Å²) < 4.78 is 7.00. The van der Waals surface area contributed by atoms with E-state index in [1.807, 2.05) is 34.4 Å². The Balaban J connectivity index is 1.48. The lowest BCUT2D eigenvalue weighted by atomic mass is 10.2. The minimum atomic E-state index is -0.0402. The Kier molecular flexibility index (Phi) is 7.07. The van der Waals surface area contributed by atoms with Gasteiger partial charge in [0, 0.05) is 65.0 Å². The van der Waals surface area contributed by atoms with E-state index in [9.17, 15) is 9.59 Å². The largest absolute Gasteiger partial charge is 0.383 e. The second kappa shape index (κ2) is 9.52. The zero-order chi connectivity index (χ0) is 20.1. The molecule has 1 atom stereocenters. The van der Waals surface area contributed by atoms with Crippen molar-refractivity contribution >= 4 is 11.8 Å². The average Bonchev–Trinajstić information content (AvgIpc) is 3.08. The molecule has 28 heavy (non-hydrogen) atoms. The van der Waals surface area contributed by atoms with Gasteiger partial charge in [0.2, 0.25) is 11.8 Å². The number of nitrogens with zero attached hydrogens (tertiary/aromatic N) is 5. The summed E-state index contributed by atoms with van der Waals surface area (Å²) in [6.45, 7) is 9.74. The fourth-order valence-corrected chi connectivity index (χ4v) is 4.24. The highest BCUT2D eigenvalue weighted by Crippen LogP contribution is 2.19. The molecule has 8 nitrogen and oxygen atoms in total. The molecule has 156 valence electrons. The number of carbonyl (C=O) groups excluding carboxylic acids is 2. The Hall–Kier alpha value is -1.93. The van der Waals surface area contributed by atoms with Crippen LogP contribution in [-0.2, 0) is 20.9 Å². The molecule has 0 bridgehead atoms. The maximum atomic E-state index is 12.7. The van der Waals surface area contributed by atoms with Crippen LogP contribution in [0.15, 0.2) is 6.07 Å². The maximum Gasteiger partial charge on any atom is 0.240 e. The Bertz CT molecular complexity index is 689. The van der Waals surface area contributed by atoms with Gasteiger partial charge >= 0.3 is 0 Å². The summed E-state index contributed by atoms with van der Waals surface area (Å²) >= 11 is 0. The standard InChI is InChI=1S/C20H33N5O3/c1-16-15-17(2)25(21-16)10-6-19(26)23-8-4-7-22(11-12-23)18-5-9-24(20(18)27)13-14-28-3/h15,18H,4-14H2,1-3H3. The summed E-state index contributed by atoms with van der Waals surface area (Å²) in [7, 11) is 1.66. The molecular weight excluding hydrogens is 358 g/mol. The first-order chi connectivity index (χ1) is 13.5. The Morgan fingerprint density at radius 2 is 2.00 bits per heavy atom. The van der Waals surface area contributed by atoms with Crippen LogP contribution in [0, 0.1) is 13.8 Å². The molecule has 3 heterocycles. The van der Waals surface area contributed by atoms with Gasteiger partial charge in [0.05, 0.1) is 18.3 Å². The number of rotatable bonds is 7. The van der Waals surface area contributed by atoms with Gasteiger partial charge in [-0.2, -0.15) is 5.10 Å². The molecule has 0 aliphatic carbocycles. The summed E-state index contributed by atoms with van der Waals surface area (Å²) in [5.74, 6) is 0.384. The number of carbonyl (C=O) groups is 2. The first kappa shape index (κ1) is 20.8. The van der Waals surface area contributed by atoms with Crippen molar-refractivity contribution in [3.05, 3.63) is 17.5 Å². The van der Waals surface area contributed by atoms with Gasteiger partial charge in [0.25, 0.3) is 0 Å². The molecule has 2 saturated heterocycles. The van der Waals surface area contributed by atoms with Gasteiger partial charge in [0.15, 0.2) is 0 Å². The highest BCUT2D eigenvalue weighted by Gasteiger charge is 2.36. The molecule has 0 spiro atoms. The van der Waals surface area contributed by atoms with E-state index in [2.05, 4.69) is 10.00 Å². The van der Waals surface area contributed by atoms with Gasteiger partial charge in [-0.15, -0.1) is 0 Å². The summed E-state index contributed by atoms with van der Waals surface area (Å²) in [5, 5.41) is 4.43. The van der Waals surface area contributed by atoms with Crippen molar-refractivity contribution in [2.75, 3.05) is 53.0 Å². The molecule has 0 N–H and O–H groups in total. The summed E-state index contributed by atoms with van der Waals surface area (Å²) in [6.07, 6.45) is 2.25. The van der Waals surface area contributed by atoms with E-state index < -0.39 is 0 Å². The first-order valence-electron chi connectivity index (χ1n) is 10.3. The molecule has 2 aliphatic heterocycles. The molecule has 0 aromatic carbocycles. The van der Waals surface area contributed by atoms with Crippen molar-refractivity contribution in [2.45, 2.75) is 45.7 Å². The summed E-state index contributed by atoms with van der Waals surface area (Å²) in [5.41, 5.74) is 2.07. The zero-order valence-corrected chi connectivity index (χ0v) is 17.4. The lowest BCUT2D eigenvalue weighted by Gasteiger charge is -2.26. The molecule has 2 aliphatic rings. The molecule has 1 aromatic heterocycles. The predicted octanol–water partition coefficient (Wildman–Crippen LogP) is 0.672. The third-order valence-electron chi connectivity index (χ3n) is 5.80. The van der Waals surface area contributed by atoms with Crippen LogP contribution in [0.5, 0.6) is 0 Å². The second-order valence-corrected chi connectivity index (χ2v) is 7.79. The van der Waals surface area contributed by atoms with Gasteiger partial charge in [-0.05, 0) is 32.8 Å². The topological polar surface area (TPSA) is 70.9 Å². The molecular formula is C20H33N5O3. The van der Waals surface area contributed by atoms with Crippen LogP contribution in [0.3, 0.4) is 0 Å². The molecule has 2 fully saturated rings. The van der Waals surface area contributed by atoms with Crippen molar-refractivity contribution in [1.82, 2.24) is 24.5 Å². The van der Waals surface area contributed by atoms with Gasteiger partial charge < -0.3 is 14.5 Å². The van der Waals surface area contributed by atoms with E-state index in [0.29, 0.717) is 32.7 Å². The number of likely N-dealkylation sites (tertiary alicyclic amines) is 1. The monoisotopic (exact) mass is 391 g/mol. The molecule has 0 saturated carbocycles. The van der Waals surface area contributed by atoms with E-state index in [1.165, 1.54) is 0 Å². The number of methoxy groups -OCH3 is 1. The van der Waals surface area contributed by atoms with Gasteiger partial charge in [-0.3, -0.25) is 19.2 Å². The molecule has 1 aromatic rings. The Labute approximate surface area is 167 Å². The van der Waals surface area contributed by atoms with Crippen molar-refractivity contribution < 1.29 is 14.3 Å². The van der Waals surface area contributed by atoms with Gasteiger partial charge in [0.1, 0.15) is 0 Å². The van der Waals surface area contributed by atoms with Crippen molar-refractivity contribution in [1.29, 1.82) is 0 Å². The quantitative estimate of drug-likeness (QED) is 0.683.